The van der Waals surface area contributed by atoms with Crippen LogP contribution in [0.4, 0.5) is 22.7 Å². The Bertz CT molecular complexity index is 6240. The number of para-hydroxylation sites is 4. The van der Waals surface area contributed by atoms with E-state index in [0.717, 1.165) is 66.3 Å². The van der Waals surface area contributed by atoms with Crippen LogP contribution in [0.1, 0.15) is 44.5 Å². The zero-order valence-corrected chi connectivity index (χ0v) is 60.1. The minimum absolute atomic E-state index is 0.0203. The summed E-state index contributed by atoms with van der Waals surface area (Å²) >= 11 is 0. The molecule has 0 aliphatic carbocycles. The minimum Gasteiger partial charge on any atom is -0.286 e. The van der Waals surface area contributed by atoms with Crippen molar-refractivity contribution in [3.05, 3.63) is 427 Å². The largest absolute Gasteiger partial charge is 0.287 e. The summed E-state index contributed by atoms with van der Waals surface area (Å²) in [4.78, 5) is 6.63. The lowest BCUT2D eigenvalue weighted by Crippen LogP contribution is -2.54. The zero-order chi connectivity index (χ0) is 75.9. The van der Waals surface area contributed by atoms with E-state index in [9.17, 15) is 37.9 Å². The fraction of sp³-hybridized carbons (Fsp3) is 0. The van der Waals surface area contributed by atoms with Gasteiger partial charge in [0.15, 0.2) is 11.6 Å². The third-order valence-electron chi connectivity index (χ3n) is 19.7. The number of hydrogen-bond donors (Lipinski definition) is 8. The van der Waals surface area contributed by atoms with Crippen LogP contribution in [0, 0.1) is 37.9 Å². The van der Waals surface area contributed by atoms with E-state index in [1.807, 2.05) is 369 Å². The van der Waals surface area contributed by atoms with E-state index < -0.39 is 0 Å². The first-order valence-electron chi connectivity index (χ1n) is 36.2. The Morgan fingerprint density at radius 1 is 0.234 bits per heavy atom. The van der Waals surface area contributed by atoms with Gasteiger partial charge in [-0.15, -0.1) is 10.2 Å². The second-order valence-corrected chi connectivity index (χ2v) is 26.6. The van der Waals surface area contributed by atoms with E-state index >= 15 is 0 Å². The highest BCUT2D eigenvalue weighted by Crippen LogP contribution is 2.36. The molecule has 1 heterocycles. The molecule has 0 amide bonds. The summed E-state index contributed by atoms with van der Waals surface area (Å²) in [6.07, 6.45) is 0. The Morgan fingerprint density at radius 3 is 1.10 bits per heavy atom. The highest BCUT2D eigenvalue weighted by Gasteiger charge is 2.32. The normalized spacial score (nSPS) is 11.0. The van der Waals surface area contributed by atoms with Gasteiger partial charge in [0.25, 0.3) is 5.84 Å². The number of nitrogens with one attached hydrogen (secondary N) is 7. The summed E-state index contributed by atoms with van der Waals surface area (Å²) in [6.45, 7) is 0. The van der Waals surface area contributed by atoms with Gasteiger partial charge in [-0.3, -0.25) is 62.5 Å². The Balaban J connectivity index is 0.739. The van der Waals surface area contributed by atoms with Crippen LogP contribution < -0.4 is 25.0 Å². The van der Waals surface area contributed by atoms with Crippen LogP contribution in [0.2, 0.25) is 0 Å². The maximum atomic E-state index is 10.5. The van der Waals surface area contributed by atoms with E-state index in [2.05, 4.69) is 12.1 Å². The monoisotopic (exact) mass is 1430 g/mol. The van der Waals surface area contributed by atoms with Crippen molar-refractivity contribution >= 4 is 91.0 Å². The quantitative estimate of drug-likeness (QED) is 0.0326. The summed E-state index contributed by atoms with van der Waals surface area (Å²) in [5, 5.41) is 91.6. The first-order chi connectivity index (χ1) is 54.4. The van der Waals surface area contributed by atoms with Gasteiger partial charge in [-0.1, -0.05) is 279 Å². The van der Waals surface area contributed by atoms with Crippen molar-refractivity contribution in [2.24, 2.45) is 0 Å². The lowest BCUT2D eigenvalue weighted by Gasteiger charge is -2.29. The van der Waals surface area contributed by atoms with E-state index in [-0.39, 0.29) is 40.8 Å². The average molecular weight is 1440 g/mol. The van der Waals surface area contributed by atoms with Gasteiger partial charge in [-0.2, -0.15) is 4.90 Å². The van der Waals surface area contributed by atoms with Gasteiger partial charge in [-0.05, 0) is 147 Å². The summed E-state index contributed by atoms with van der Waals surface area (Å²) in [7, 11) is 0. The molecular formula is C96H72N15+. The minimum atomic E-state index is -0.0824. The van der Waals surface area contributed by atoms with Crippen LogP contribution >= 0.6 is 0 Å². The number of benzene rings is 15. The van der Waals surface area contributed by atoms with Gasteiger partial charge in [0.2, 0.25) is 5.84 Å². The number of nitrogens with two attached hydrogens (primary N) is 1. The Morgan fingerprint density at radius 2 is 0.568 bits per heavy atom. The molecule has 16 rings (SSSR count). The topological polar surface area (TPSA) is 236 Å². The third-order valence-corrected chi connectivity index (χ3v) is 19.7. The molecule has 0 atom stereocenters. The van der Waals surface area contributed by atoms with Gasteiger partial charge in [0, 0.05) is 72.8 Å². The summed E-state index contributed by atoms with van der Waals surface area (Å²) in [5.74, 6) is 1.74. The molecular weight excluding hydrogens is 1360 g/mol. The van der Waals surface area contributed by atoms with E-state index in [1.165, 1.54) is 0 Å². The second-order valence-electron chi connectivity index (χ2n) is 26.6. The molecule has 1 aromatic heterocycles. The van der Waals surface area contributed by atoms with Gasteiger partial charge in [-0.25, -0.2) is 0 Å². The van der Waals surface area contributed by atoms with Crippen LogP contribution in [-0.2, 0) is 0 Å². The lowest BCUT2D eigenvalue weighted by atomic mass is 9.98. The number of amidine groups is 8. The second kappa shape index (κ2) is 30.9. The summed E-state index contributed by atoms with van der Waals surface area (Å²) in [6, 6.07) is 122. The van der Waals surface area contributed by atoms with Crippen molar-refractivity contribution in [1.82, 2.24) is 14.8 Å². The SMILES string of the molecule is N=C(c1ccccc1)N(C(=N)c1cc(C(=N)N(C(=N)c2cccc(-c3cccc(N(C(=N)c4ccc(-c5ccc(C(=N)N(C(=[NH2+])c6cccc7ccccc67)c6ccccc6)cc5)cc4)C(=N)c4cccc5ccccc45)c3)c2)c2ccccc2)cc(-c2nnc(-c3ccccc3)n2-c2ccccc2)c1)c1ccccc1. The van der Waals surface area contributed by atoms with Gasteiger partial charge in [0.1, 0.15) is 40.7 Å². The molecule has 111 heavy (non-hydrogen) atoms. The zero-order valence-electron chi connectivity index (χ0n) is 60.1. The number of fused-ring (bicyclic) bond motifs is 2. The Hall–Kier alpha value is -15.5. The molecule has 9 N–H and O–H groups in total. The Kier molecular flexibility index (Phi) is 19.5. The lowest BCUT2D eigenvalue weighted by molar-refractivity contribution is -0.113. The molecule has 0 unspecified atom stereocenters. The molecule has 15 nitrogen and oxygen atoms in total. The smallest absolute Gasteiger partial charge is 0.286 e. The number of rotatable bonds is 17. The third kappa shape index (κ3) is 14.1. The fourth-order valence-corrected chi connectivity index (χ4v) is 14.1. The van der Waals surface area contributed by atoms with Crippen LogP contribution in [0.5, 0.6) is 0 Å². The molecule has 0 spiro atoms. The first-order valence-corrected chi connectivity index (χ1v) is 36.2. The van der Waals surface area contributed by atoms with Crippen molar-refractivity contribution in [2.45, 2.75) is 0 Å². The van der Waals surface area contributed by atoms with Gasteiger partial charge >= 0.3 is 0 Å². The summed E-state index contributed by atoms with van der Waals surface area (Å²) < 4.78 is 1.97. The average Bonchev–Trinajstić information content (AvgIpc) is 1.74. The van der Waals surface area contributed by atoms with Crippen LogP contribution in [0.3, 0.4) is 0 Å². The molecule has 0 bridgehead atoms. The standard InChI is InChI=1S/C96H71N15/c97-87(68-29-7-1-8-30-68)107(78-38-11-3-12-39-78)91(101)75-60-76(62-77(61-75)96-106-105-95(71-31-9-2-10-32-71)111(96)81-44-17-6-18-45-81)92(102)108(79-40-13-4-14-41-79)90(100)74-37-23-35-72(59-74)73-36-24-46-82(63-73)110(94(104)86-50-26-34-67-28-20-22-48-84(67)86)89(99)70-57-53-65(54-58-70)64-51-55-69(56-52-64)88(98)109(80-42-15-5-16-43-80)93(103)85-49-25-33-66-27-19-21-47-83(66)85/h1-63,97-104H/p+1. The summed E-state index contributed by atoms with van der Waals surface area (Å²) in [5.41, 5.74) is 12.3. The molecule has 0 saturated carbocycles. The van der Waals surface area contributed by atoms with Crippen molar-refractivity contribution in [1.29, 1.82) is 37.9 Å². The maximum absolute atomic E-state index is 10.5. The van der Waals surface area contributed by atoms with E-state index in [0.29, 0.717) is 79.1 Å². The molecule has 0 aliphatic heterocycles. The molecule has 0 aliphatic rings. The van der Waals surface area contributed by atoms with Crippen molar-refractivity contribution < 1.29 is 5.41 Å². The number of nitrogens with zero attached hydrogens (tertiary/aromatic N) is 7. The van der Waals surface area contributed by atoms with Gasteiger partial charge < -0.3 is 0 Å². The highest BCUT2D eigenvalue weighted by molar-refractivity contribution is 6.33. The first kappa shape index (κ1) is 69.9. The number of anilines is 4. The molecule has 15 aromatic carbocycles. The predicted molar refractivity (Wildman–Crippen MR) is 453 cm³/mol. The maximum Gasteiger partial charge on any atom is 0.287 e. The predicted octanol–water partition coefficient (Wildman–Crippen LogP) is 19.9. The number of aromatic nitrogens is 3. The van der Waals surface area contributed by atoms with E-state index in [1.54, 1.807) is 25.7 Å². The molecule has 530 valence electrons. The van der Waals surface area contributed by atoms with Crippen molar-refractivity contribution in [3.8, 4) is 50.7 Å². The van der Waals surface area contributed by atoms with Gasteiger partial charge in [0.05, 0.1) is 5.56 Å². The van der Waals surface area contributed by atoms with E-state index in [4.69, 9.17) is 15.6 Å². The molecule has 0 fully saturated rings. The van der Waals surface area contributed by atoms with Crippen LogP contribution in [0.15, 0.2) is 382 Å². The molecule has 0 radical (unpaired) electrons. The highest BCUT2D eigenvalue weighted by atomic mass is 15.3. The Labute approximate surface area is 642 Å². The number of hydrogen-bond acceptors (Lipinski definition) is 9. The fourth-order valence-electron chi connectivity index (χ4n) is 14.1. The molecule has 0 saturated heterocycles. The molecule has 16 aromatic rings. The van der Waals surface area contributed by atoms with Crippen molar-refractivity contribution in [2.75, 3.05) is 19.6 Å². The van der Waals surface area contributed by atoms with Crippen LogP contribution in [0.25, 0.3) is 72.3 Å². The van der Waals surface area contributed by atoms with Crippen molar-refractivity contribution in [3.63, 3.8) is 0 Å². The molecule has 15 heteroatoms. The van der Waals surface area contributed by atoms with Crippen LogP contribution in [-0.4, -0.2) is 61.4 Å².